The molecule has 1 aromatic rings. The van der Waals surface area contributed by atoms with E-state index >= 15 is 0 Å². The molecule has 3 nitrogen and oxygen atoms in total. The fourth-order valence-electron chi connectivity index (χ4n) is 2.30. The molecule has 0 aliphatic carbocycles. The van der Waals surface area contributed by atoms with Crippen molar-refractivity contribution >= 4 is 23.4 Å². The Hall–Kier alpha value is -1.16. The van der Waals surface area contributed by atoms with Crippen molar-refractivity contribution in [2.75, 3.05) is 29.9 Å². The summed E-state index contributed by atoms with van der Waals surface area (Å²) in [5.41, 5.74) is 1.82. The Bertz CT molecular complexity index is 413. The second-order valence-corrected chi connectivity index (χ2v) is 6.49. The van der Waals surface area contributed by atoms with Crippen LogP contribution in [0.25, 0.3) is 0 Å². The first-order chi connectivity index (χ1) is 9.79. The molecule has 4 heteroatoms. The van der Waals surface area contributed by atoms with E-state index in [1.165, 1.54) is 24.3 Å². The van der Waals surface area contributed by atoms with E-state index in [2.05, 4.69) is 17.6 Å². The van der Waals surface area contributed by atoms with Crippen LogP contribution in [0.5, 0.6) is 0 Å². The summed E-state index contributed by atoms with van der Waals surface area (Å²) in [4.78, 5) is 12.1. The van der Waals surface area contributed by atoms with E-state index in [9.17, 15) is 4.79 Å². The first-order valence-electron chi connectivity index (χ1n) is 7.49. The third-order valence-electron chi connectivity index (χ3n) is 3.62. The second-order valence-electron chi connectivity index (χ2n) is 5.27. The van der Waals surface area contributed by atoms with Crippen molar-refractivity contribution in [2.45, 2.75) is 26.2 Å². The average molecular weight is 292 g/mol. The fraction of sp³-hybridized carbons (Fsp3) is 0.562. The van der Waals surface area contributed by atoms with Crippen molar-refractivity contribution in [2.24, 2.45) is 5.92 Å². The molecule has 1 aliphatic rings. The van der Waals surface area contributed by atoms with Gasteiger partial charge in [0.1, 0.15) is 0 Å². The first kappa shape index (κ1) is 15.2. The van der Waals surface area contributed by atoms with Crippen molar-refractivity contribution in [1.82, 2.24) is 5.32 Å². The summed E-state index contributed by atoms with van der Waals surface area (Å²) in [6.07, 6.45) is 3.55. The maximum absolute atomic E-state index is 12.1. The SMILES string of the molecule is CCCNc1ccc(C(=O)NCC2CCSCC2)cc1. The summed E-state index contributed by atoms with van der Waals surface area (Å²) in [5.74, 6) is 3.17. The van der Waals surface area contributed by atoms with Gasteiger partial charge in [-0.3, -0.25) is 4.79 Å². The molecule has 0 spiro atoms. The highest BCUT2D eigenvalue weighted by atomic mass is 32.2. The molecule has 0 unspecified atom stereocenters. The van der Waals surface area contributed by atoms with Gasteiger partial charge in [-0.15, -0.1) is 0 Å². The highest BCUT2D eigenvalue weighted by Gasteiger charge is 2.15. The van der Waals surface area contributed by atoms with Gasteiger partial charge in [0, 0.05) is 24.3 Å². The van der Waals surface area contributed by atoms with E-state index in [0.717, 1.165) is 30.8 Å². The number of benzene rings is 1. The van der Waals surface area contributed by atoms with E-state index in [1.807, 2.05) is 36.0 Å². The van der Waals surface area contributed by atoms with Gasteiger partial charge in [-0.1, -0.05) is 6.92 Å². The van der Waals surface area contributed by atoms with Crippen LogP contribution in [0.1, 0.15) is 36.5 Å². The van der Waals surface area contributed by atoms with E-state index in [-0.39, 0.29) is 5.91 Å². The molecule has 1 aliphatic heterocycles. The van der Waals surface area contributed by atoms with Gasteiger partial charge in [-0.2, -0.15) is 11.8 Å². The van der Waals surface area contributed by atoms with Crippen molar-refractivity contribution in [1.29, 1.82) is 0 Å². The maximum Gasteiger partial charge on any atom is 0.251 e. The van der Waals surface area contributed by atoms with Crippen LogP contribution < -0.4 is 10.6 Å². The number of rotatable bonds is 6. The largest absolute Gasteiger partial charge is 0.385 e. The number of hydrogen-bond donors (Lipinski definition) is 2. The predicted molar refractivity (Wildman–Crippen MR) is 87.6 cm³/mol. The van der Waals surface area contributed by atoms with Gasteiger partial charge >= 0.3 is 0 Å². The molecule has 0 radical (unpaired) electrons. The maximum atomic E-state index is 12.1. The standard InChI is InChI=1S/C16H24N2OS/c1-2-9-17-15-5-3-14(4-6-15)16(19)18-12-13-7-10-20-11-8-13/h3-6,13,17H,2,7-12H2,1H3,(H,18,19). The van der Waals surface area contributed by atoms with Crippen LogP contribution in [-0.4, -0.2) is 30.5 Å². The Labute approximate surface area is 125 Å². The topological polar surface area (TPSA) is 41.1 Å². The molecule has 1 saturated heterocycles. The lowest BCUT2D eigenvalue weighted by atomic mass is 10.0. The molecule has 0 saturated carbocycles. The van der Waals surface area contributed by atoms with Crippen LogP contribution in [0.15, 0.2) is 24.3 Å². The Morgan fingerprint density at radius 1 is 1.25 bits per heavy atom. The molecule has 1 fully saturated rings. The number of thioether (sulfide) groups is 1. The number of amides is 1. The van der Waals surface area contributed by atoms with E-state index < -0.39 is 0 Å². The Morgan fingerprint density at radius 2 is 1.95 bits per heavy atom. The van der Waals surface area contributed by atoms with Crippen molar-refractivity contribution < 1.29 is 4.79 Å². The molecule has 1 amide bonds. The summed E-state index contributed by atoms with van der Waals surface area (Å²) < 4.78 is 0. The van der Waals surface area contributed by atoms with Gasteiger partial charge in [0.25, 0.3) is 5.91 Å². The Balaban J connectivity index is 1.79. The summed E-state index contributed by atoms with van der Waals surface area (Å²) in [7, 11) is 0. The number of nitrogens with one attached hydrogen (secondary N) is 2. The molecule has 2 N–H and O–H groups in total. The van der Waals surface area contributed by atoms with Crippen LogP contribution in [0.3, 0.4) is 0 Å². The quantitative estimate of drug-likeness (QED) is 0.844. The predicted octanol–water partition coefficient (Wildman–Crippen LogP) is 3.38. The van der Waals surface area contributed by atoms with E-state index in [4.69, 9.17) is 0 Å². The number of carbonyl (C=O) groups is 1. The monoisotopic (exact) mass is 292 g/mol. The summed E-state index contributed by atoms with van der Waals surface area (Å²) >= 11 is 2.02. The molecule has 2 rings (SSSR count). The Morgan fingerprint density at radius 3 is 2.60 bits per heavy atom. The number of hydrogen-bond acceptors (Lipinski definition) is 3. The molecule has 0 aromatic heterocycles. The lowest BCUT2D eigenvalue weighted by molar-refractivity contribution is 0.0946. The second kappa shape index (κ2) is 8.20. The van der Waals surface area contributed by atoms with Crippen molar-refractivity contribution in [3.63, 3.8) is 0 Å². The highest BCUT2D eigenvalue weighted by molar-refractivity contribution is 7.99. The lowest BCUT2D eigenvalue weighted by Crippen LogP contribution is -2.30. The minimum Gasteiger partial charge on any atom is -0.385 e. The minimum atomic E-state index is 0.0465. The van der Waals surface area contributed by atoms with Crippen LogP contribution in [-0.2, 0) is 0 Å². The van der Waals surface area contributed by atoms with Gasteiger partial charge < -0.3 is 10.6 Å². The van der Waals surface area contributed by atoms with E-state index in [0.29, 0.717) is 5.92 Å². The molecule has 0 atom stereocenters. The molecule has 20 heavy (non-hydrogen) atoms. The minimum absolute atomic E-state index is 0.0465. The molecule has 0 bridgehead atoms. The summed E-state index contributed by atoms with van der Waals surface area (Å²) in [5, 5.41) is 6.37. The zero-order valence-corrected chi connectivity index (χ0v) is 13.0. The molecular formula is C16H24N2OS. The normalized spacial score (nSPS) is 15.8. The van der Waals surface area contributed by atoms with Gasteiger partial charge in [-0.05, 0) is 61.0 Å². The number of anilines is 1. The molecule has 1 aromatic carbocycles. The molecule has 1 heterocycles. The third-order valence-corrected chi connectivity index (χ3v) is 4.67. The van der Waals surface area contributed by atoms with Gasteiger partial charge in [0.05, 0.1) is 0 Å². The first-order valence-corrected chi connectivity index (χ1v) is 8.65. The zero-order valence-electron chi connectivity index (χ0n) is 12.2. The third kappa shape index (κ3) is 4.75. The average Bonchev–Trinajstić information content (AvgIpc) is 2.52. The fourth-order valence-corrected chi connectivity index (χ4v) is 3.50. The zero-order chi connectivity index (χ0) is 14.2. The van der Waals surface area contributed by atoms with E-state index in [1.54, 1.807) is 0 Å². The highest BCUT2D eigenvalue weighted by Crippen LogP contribution is 2.22. The molecular weight excluding hydrogens is 268 g/mol. The Kier molecular flexibility index (Phi) is 6.25. The summed E-state index contributed by atoms with van der Waals surface area (Å²) in [6, 6.07) is 7.73. The van der Waals surface area contributed by atoms with Gasteiger partial charge in [-0.25, -0.2) is 0 Å². The van der Waals surface area contributed by atoms with Gasteiger partial charge in [0.2, 0.25) is 0 Å². The van der Waals surface area contributed by atoms with Gasteiger partial charge in [0.15, 0.2) is 0 Å². The van der Waals surface area contributed by atoms with Crippen molar-refractivity contribution in [3.8, 4) is 0 Å². The van der Waals surface area contributed by atoms with Crippen LogP contribution in [0.4, 0.5) is 5.69 Å². The van der Waals surface area contributed by atoms with Crippen LogP contribution in [0, 0.1) is 5.92 Å². The molecule has 110 valence electrons. The summed E-state index contributed by atoms with van der Waals surface area (Å²) in [6.45, 7) is 3.92. The van der Waals surface area contributed by atoms with Crippen LogP contribution in [0.2, 0.25) is 0 Å². The van der Waals surface area contributed by atoms with Crippen molar-refractivity contribution in [3.05, 3.63) is 29.8 Å². The van der Waals surface area contributed by atoms with Crippen LogP contribution >= 0.6 is 11.8 Å². The lowest BCUT2D eigenvalue weighted by Gasteiger charge is -2.21. The number of carbonyl (C=O) groups excluding carboxylic acids is 1. The smallest absolute Gasteiger partial charge is 0.251 e.